The average molecular weight is 840 g/mol. The normalized spacial score (nSPS) is 24.3. The summed E-state index contributed by atoms with van der Waals surface area (Å²) in [6, 6.07) is 2.95. The van der Waals surface area contributed by atoms with Gasteiger partial charge in [0.05, 0.1) is 17.4 Å². The molecule has 57 heavy (non-hydrogen) atoms. The van der Waals surface area contributed by atoms with Crippen molar-refractivity contribution < 1.29 is 50.2 Å². The second-order valence-electron chi connectivity index (χ2n) is 16.0. The van der Waals surface area contributed by atoms with Crippen molar-refractivity contribution in [2.24, 2.45) is 11.3 Å². The van der Waals surface area contributed by atoms with Crippen molar-refractivity contribution in [3.05, 3.63) is 53.7 Å². The quantitative estimate of drug-likeness (QED) is 0.157. The fourth-order valence-electron chi connectivity index (χ4n) is 7.07. The van der Waals surface area contributed by atoms with E-state index in [0.717, 1.165) is 25.0 Å². The molecule has 4 amide bonds. The molecule has 0 spiro atoms. The van der Waals surface area contributed by atoms with Crippen molar-refractivity contribution in [3.63, 3.8) is 0 Å². The summed E-state index contributed by atoms with van der Waals surface area (Å²) in [5, 5.41) is 7.39. The van der Waals surface area contributed by atoms with E-state index in [-0.39, 0.29) is 48.2 Å². The standard InChI is InChI=1S/C37H45ClF3N7O8S/c1-5-20-18-36(20,32(51)47-57(53,54)25-14-15-25)46-30(49)26-16-24(19-48(26)31(50)29(35(2,3)4)45-34(52)56-23-8-6-7-9-23)55-28-17-27(38)43-33(44-28)42-22-12-10-21(11-13-22)37(39,40)41/h5,10-13,17,20,23-26,29H,1,6-9,14-16,18-19H2,2-4H3,(H,45,52)(H,46,49)(H,47,51)(H,42,43,44)/t20-,24-,26+,29-,36-/m1/s1. The van der Waals surface area contributed by atoms with Crippen LogP contribution >= 0.6 is 11.6 Å². The third-order valence-electron chi connectivity index (χ3n) is 10.5. The van der Waals surface area contributed by atoms with Gasteiger partial charge >= 0.3 is 12.3 Å². The predicted octanol–water partition coefficient (Wildman–Crippen LogP) is 4.99. The number of hydrogen-bond donors (Lipinski definition) is 4. The second-order valence-corrected chi connectivity index (χ2v) is 18.3. The van der Waals surface area contributed by atoms with Crippen LogP contribution in [0, 0.1) is 11.3 Å². The zero-order chi connectivity index (χ0) is 41.5. The fourth-order valence-corrected chi connectivity index (χ4v) is 8.61. The molecule has 1 saturated heterocycles. The van der Waals surface area contributed by atoms with E-state index < -0.39 is 85.9 Å². The van der Waals surface area contributed by atoms with Crippen LogP contribution in [0.25, 0.3) is 0 Å². The molecular weight excluding hydrogens is 795 g/mol. The van der Waals surface area contributed by atoms with Gasteiger partial charge in [-0.05, 0) is 74.6 Å². The van der Waals surface area contributed by atoms with Gasteiger partial charge in [0.25, 0.3) is 5.91 Å². The maximum atomic E-state index is 14.5. The highest BCUT2D eigenvalue weighted by Crippen LogP contribution is 2.45. The smallest absolute Gasteiger partial charge is 0.416 e. The third-order valence-corrected chi connectivity index (χ3v) is 12.5. The molecule has 15 nitrogen and oxygen atoms in total. The van der Waals surface area contributed by atoms with Gasteiger partial charge in [-0.25, -0.2) is 18.2 Å². The van der Waals surface area contributed by atoms with Crippen LogP contribution < -0.4 is 25.4 Å². The number of likely N-dealkylation sites (tertiary alicyclic amines) is 1. The molecule has 3 saturated carbocycles. The predicted molar refractivity (Wildman–Crippen MR) is 201 cm³/mol. The average Bonchev–Trinajstić information content (AvgIpc) is 4.00. The number of ether oxygens (including phenoxy) is 2. The molecule has 6 rings (SSSR count). The number of sulfonamides is 1. The molecule has 20 heteroatoms. The number of carbonyl (C=O) groups excluding carboxylic acids is 4. The van der Waals surface area contributed by atoms with Crippen LogP contribution in [0.15, 0.2) is 43.0 Å². The van der Waals surface area contributed by atoms with Crippen LogP contribution in [0.2, 0.25) is 5.15 Å². The fraction of sp³-hybridized carbons (Fsp3) is 0.568. The molecule has 0 unspecified atom stereocenters. The number of amides is 4. The number of alkyl halides is 3. The summed E-state index contributed by atoms with van der Waals surface area (Å²) in [7, 11) is -3.96. The highest BCUT2D eigenvalue weighted by molar-refractivity contribution is 7.91. The van der Waals surface area contributed by atoms with Gasteiger partial charge in [0.1, 0.15) is 35.0 Å². The Bertz CT molecular complexity index is 2010. The van der Waals surface area contributed by atoms with Crippen molar-refractivity contribution in [2.75, 3.05) is 11.9 Å². The highest BCUT2D eigenvalue weighted by atomic mass is 35.5. The zero-order valence-electron chi connectivity index (χ0n) is 31.5. The molecule has 3 aliphatic carbocycles. The maximum absolute atomic E-state index is 14.5. The number of halogens is 4. The van der Waals surface area contributed by atoms with E-state index in [1.54, 1.807) is 20.8 Å². The van der Waals surface area contributed by atoms with Crippen LogP contribution in [0.3, 0.4) is 0 Å². The number of alkyl carbamates (subject to hydrolysis) is 1. The minimum atomic E-state index is -4.53. The van der Waals surface area contributed by atoms with E-state index in [1.807, 2.05) is 0 Å². The summed E-state index contributed by atoms with van der Waals surface area (Å²) in [4.78, 5) is 64.9. The minimum absolute atomic E-state index is 0.0716. The summed E-state index contributed by atoms with van der Waals surface area (Å²) in [6.45, 7) is 8.73. The third kappa shape index (κ3) is 9.91. The summed E-state index contributed by atoms with van der Waals surface area (Å²) in [6.07, 6.45) is -1.10. The van der Waals surface area contributed by atoms with Gasteiger partial charge in [-0.1, -0.05) is 38.4 Å². The molecular formula is C37H45ClF3N7O8S. The van der Waals surface area contributed by atoms with Gasteiger partial charge in [-0.3, -0.25) is 19.1 Å². The molecule has 1 aromatic carbocycles. The number of rotatable bonds is 13. The molecule has 4 fully saturated rings. The number of hydrogen-bond acceptors (Lipinski definition) is 11. The van der Waals surface area contributed by atoms with E-state index in [1.165, 1.54) is 29.2 Å². The largest absolute Gasteiger partial charge is 0.472 e. The summed E-state index contributed by atoms with van der Waals surface area (Å²) in [5.74, 6) is -3.14. The molecule has 4 N–H and O–H groups in total. The SMILES string of the molecule is C=C[C@@H]1C[C@]1(NC(=O)[C@@H]1C[C@@H](Oc2cc(Cl)nc(Nc3ccc(C(F)(F)F)cc3)n2)CN1C(=O)[C@@H](NC(=O)OC1CCCC1)C(C)(C)C)C(=O)NS(=O)(=O)C1CC1. The molecule has 1 aromatic heterocycles. The van der Waals surface area contributed by atoms with E-state index >= 15 is 0 Å². The van der Waals surface area contributed by atoms with Crippen LogP contribution in [0.5, 0.6) is 5.88 Å². The lowest BCUT2D eigenvalue weighted by Crippen LogP contribution is -2.60. The summed E-state index contributed by atoms with van der Waals surface area (Å²) in [5.41, 5.74) is -3.15. The lowest BCUT2D eigenvalue weighted by Gasteiger charge is -2.35. The summed E-state index contributed by atoms with van der Waals surface area (Å²) >= 11 is 6.26. The number of aromatic nitrogens is 2. The van der Waals surface area contributed by atoms with E-state index in [9.17, 15) is 40.8 Å². The molecule has 0 bridgehead atoms. The van der Waals surface area contributed by atoms with Crippen molar-refractivity contribution >= 4 is 57.1 Å². The van der Waals surface area contributed by atoms with Gasteiger partial charge < -0.3 is 30.3 Å². The lowest BCUT2D eigenvalue weighted by molar-refractivity contribution is -0.143. The second kappa shape index (κ2) is 15.9. The van der Waals surface area contributed by atoms with E-state index in [0.29, 0.717) is 25.7 Å². The zero-order valence-corrected chi connectivity index (χ0v) is 33.1. The van der Waals surface area contributed by atoms with Gasteiger partial charge in [-0.15, -0.1) is 6.58 Å². The lowest BCUT2D eigenvalue weighted by atomic mass is 9.85. The van der Waals surface area contributed by atoms with E-state index in [2.05, 4.69) is 37.2 Å². The number of anilines is 2. The Kier molecular flexibility index (Phi) is 11.7. The van der Waals surface area contributed by atoms with Crippen LogP contribution in [0.1, 0.15) is 77.7 Å². The van der Waals surface area contributed by atoms with Crippen LogP contribution in [-0.2, 0) is 35.3 Å². The van der Waals surface area contributed by atoms with Gasteiger partial charge in [0, 0.05) is 24.1 Å². The number of nitrogens with one attached hydrogen (secondary N) is 4. The first kappa shape index (κ1) is 42.0. The monoisotopic (exact) mass is 839 g/mol. The molecule has 1 aliphatic heterocycles. The topological polar surface area (TPSA) is 198 Å². The van der Waals surface area contributed by atoms with Crippen LogP contribution in [-0.4, -0.2) is 88.7 Å². The Hall–Kier alpha value is -4.65. The van der Waals surface area contributed by atoms with Crippen molar-refractivity contribution in [1.82, 2.24) is 30.2 Å². The first-order valence-electron chi connectivity index (χ1n) is 18.6. The Morgan fingerprint density at radius 2 is 1.70 bits per heavy atom. The molecule has 0 radical (unpaired) electrons. The van der Waals surface area contributed by atoms with E-state index in [4.69, 9.17) is 21.1 Å². The Morgan fingerprint density at radius 1 is 1.04 bits per heavy atom. The maximum Gasteiger partial charge on any atom is 0.416 e. The van der Waals surface area contributed by atoms with Gasteiger partial charge in [0.2, 0.25) is 33.7 Å². The molecule has 310 valence electrons. The van der Waals surface area contributed by atoms with Crippen molar-refractivity contribution in [3.8, 4) is 5.88 Å². The number of nitrogens with zero attached hydrogens (tertiary/aromatic N) is 3. The minimum Gasteiger partial charge on any atom is -0.472 e. The summed E-state index contributed by atoms with van der Waals surface area (Å²) < 4.78 is 78.4. The van der Waals surface area contributed by atoms with Gasteiger partial charge in [0.15, 0.2) is 0 Å². The van der Waals surface area contributed by atoms with Crippen molar-refractivity contribution in [1.29, 1.82) is 0 Å². The number of carbonyl (C=O) groups is 4. The molecule has 5 atom stereocenters. The van der Waals surface area contributed by atoms with Crippen LogP contribution in [0.4, 0.5) is 29.6 Å². The molecule has 2 aromatic rings. The first-order chi connectivity index (χ1) is 26.7. The first-order valence-corrected chi connectivity index (χ1v) is 20.5. The molecule has 4 aliphatic rings. The van der Waals surface area contributed by atoms with Gasteiger partial charge in [-0.2, -0.15) is 18.2 Å². The Labute approximate surface area is 332 Å². The number of benzene rings is 1. The Morgan fingerprint density at radius 3 is 2.28 bits per heavy atom. The molecule has 2 heterocycles. The van der Waals surface area contributed by atoms with Crippen molar-refractivity contribution in [2.45, 2.75) is 113 Å². The Balaban J connectivity index is 1.24. The highest BCUT2D eigenvalue weighted by Gasteiger charge is 2.62.